The van der Waals surface area contributed by atoms with E-state index in [9.17, 15) is 0 Å². The molecule has 0 aliphatic carbocycles. The molecule has 0 bridgehead atoms. The number of aromatic nitrogens is 2. The Morgan fingerprint density at radius 2 is 2.47 bits per heavy atom. The predicted molar refractivity (Wildman–Crippen MR) is 62.0 cm³/mol. The van der Waals surface area contributed by atoms with Gasteiger partial charge in [0.1, 0.15) is 15.4 Å². The first-order valence-corrected chi connectivity index (χ1v) is 6.07. The van der Waals surface area contributed by atoms with Crippen LogP contribution in [0.3, 0.4) is 0 Å². The molecule has 78 valence electrons. The summed E-state index contributed by atoms with van der Waals surface area (Å²) in [4.78, 5) is 10.0. The lowest BCUT2D eigenvalue weighted by Gasteiger charge is -2.20. The van der Waals surface area contributed by atoms with Crippen LogP contribution in [-0.2, 0) is 5.54 Å². The summed E-state index contributed by atoms with van der Waals surface area (Å²) in [6.07, 6.45) is 4.24. The minimum Gasteiger partial charge on any atom is -0.306 e. The van der Waals surface area contributed by atoms with Crippen molar-refractivity contribution in [3.8, 4) is 0 Å². The largest absolute Gasteiger partial charge is 0.306 e. The summed E-state index contributed by atoms with van der Waals surface area (Å²) in [6.45, 7) is 3.33. The lowest BCUT2D eigenvalue weighted by atomic mass is 10.0. The normalized spacial score (nSPS) is 26.2. The van der Waals surface area contributed by atoms with E-state index < -0.39 is 0 Å². The van der Waals surface area contributed by atoms with Crippen LogP contribution in [-0.4, -0.2) is 16.5 Å². The maximum Gasteiger partial charge on any atom is 0.143 e. The summed E-state index contributed by atoms with van der Waals surface area (Å²) < 4.78 is 0. The van der Waals surface area contributed by atoms with Crippen LogP contribution in [0.4, 0.5) is 0 Å². The van der Waals surface area contributed by atoms with E-state index in [0.29, 0.717) is 0 Å². The molecule has 1 aliphatic heterocycles. The van der Waals surface area contributed by atoms with Crippen molar-refractivity contribution in [2.75, 3.05) is 6.54 Å². The van der Waals surface area contributed by atoms with Gasteiger partial charge >= 0.3 is 0 Å². The smallest absolute Gasteiger partial charge is 0.143 e. The molecular formula is C11H13N3S. The number of hydrogen-bond donors (Lipinski definition) is 1. The third kappa shape index (κ3) is 1.44. The van der Waals surface area contributed by atoms with Crippen molar-refractivity contribution < 1.29 is 0 Å². The van der Waals surface area contributed by atoms with Gasteiger partial charge in [-0.25, -0.2) is 9.97 Å². The van der Waals surface area contributed by atoms with Crippen LogP contribution in [0.1, 0.15) is 24.8 Å². The quantitative estimate of drug-likeness (QED) is 0.799. The second kappa shape index (κ2) is 3.25. The summed E-state index contributed by atoms with van der Waals surface area (Å²) in [6, 6.07) is 3.97. The highest BCUT2D eigenvalue weighted by Gasteiger charge is 2.33. The average Bonchev–Trinajstić information content (AvgIpc) is 2.84. The van der Waals surface area contributed by atoms with Crippen molar-refractivity contribution >= 4 is 21.7 Å². The van der Waals surface area contributed by atoms with Gasteiger partial charge in [-0.3, -0.25) is 0 Å². The monoisotopic (exact) mass is 219 g/mol. The molecule has 1 fully saturated rings. The minimum atomic E-state index is 0.0748. The van der Waals surface area contributed by atoms with Crippen LogP contribution in [0.2, 0.25) is 0 Å². The molecule has 2 aromatic heterocycles. The van der Waals surface area contributed by atoms with Crippen LogP contribution in [0.15, 0.2) is 18.3 Å². The fourth-order valence-electron chi connectivity index (χ4n) is 2.08. The van der Waals surface area contributed by atoms with Crippen molar-refractivity contribution in [3.05, 3.63) is 23.3 Å². The fraction of sp³-hybridized carbons (Fsp3) is 0.455. The van der Waals surface area contributed by atoms with Gasteiger partial charge in [0.25, 0.3) is 0 Å². The van der Waals surface area contributed by atoms with E-state index in [0.717, 1.165) is 16.9 Å². The molecule has 4 heteroatoms. The number of thiazole rings is 1. The van der Waals surface area contributed by atoms with Crippen molar-refractivity contribution in [1.82, 2.24) is 15.3 Å². The molecule has 0 saturated carbocycles. The SMILES string of the molecule is CC1(c2nc3cccnc3s2)CCCN1. The topological polar surface area (TPSA) is 37.8 Å². The molecule has 0 radical (unpaired) electrons. The minimum absolute atomic E-state index is 0.0748. The molecule has 15 heavy (non-hydrogen) atoms. The Labute approximate surface area is 92.6 Å². The van der Waals surface area contributed by atoms with E-state index in [1.165, 1.54) is 17.8 Å². The lowest BCUT2D eigenvalue weighted by molar-refractivity contribution is 0.433. The number of fused-ring (bicyclic) bond motifs is 1. The Hall–Kier alpha value is -1.00. The zero-order chi connectivity index (χ0) is 10.3. The molecule has 3 nitrogen and oxygen atoms in total. The van der Waals surface area contributed by atoms with Crippen LogP contribution in [0.25, 0.3) is 10.3 Å². The van der Waals surface area contributed by atoms with Crippen molar-refractivity contribution in [2.24, 2.45) is 0 Å². The Kier molecular flexibility index (Phi) is 2.00. The van der Waals surface area contributed by atoms with Gasteiger partial charge in [-0.2, -0.15) is 0 Å². The first-order chi connectivity index (χ1) is 7.28. The molecule has 1 aliphatic rings. The maximum absolute atomic E-state index is 4.66. The molecule has 3 heterocycles. The molecule has 2 aromatic rings. The Morgan fingerprint density at radius 1 is 1.53 bits per heavy atom. The molecule has 1 saturated heterocycles. The van der Waals surface area contributed by atoms with Gasteiger partial charge in [0.15, 0.2) is 0 Å². The summed E-state index contributed by atoms with van der Waals surface area (Å²) in [5.41, 5.74) is 1.10. The number of rotatable bonds is 1. The summed E-state index contributed by atoms with van der Waals surface area (Å²) in [5, 5.41) is 4.71. The van der Waals surface area contributed by atoms with Gasteiger partial charge < -0.3 is 5.32 Å². The highest BCUT2D eigenvalue weighted by Crippen LogP contribution is 2.34. The van der Waals surface area contributed by atoms with Crippen LogP contribution in [0.5, 0.6) is 0 Å². The van der Waals surface area contributed by atoms with Crippen molar-refractivity contribution in [2.45, 2.75) is 25.3 Å². The Balaban J connectivity index is 2.11. The number of pyridine rings is 1. The molecule has 1 N–H and O–H groups in total. The summed E-state index contributed by atoms with van der Waals surface area (Å²) in [5.74, 6) is 0. The third-order valence-electron chi connectivity index (χ3n) is 3.01. The van der Waals surface area contributed by atoms with Crippen LogP contribution < -0.4 is 5.32 Å². The Morgan fingerprint density at radius 3 is 3.20 bits per heavy atom. The predicted octanol–water partition coefficient (Wildman–Crippen LogP) is 2.29. The standard InChI is InChI=1S/C11H13N3S/c1-11(5-3-7-13-11)10-14-8-4-2-6-12-9(8)15-10/h2,4,6,13H,3,5,7H2,1H3. The van der Waals surface area contributed by atoms with Gasteiger partial charge in [-0.1, -0.05) is 11.3 Å². The highest BCUT2D eigenvalue weighted by molar-refractivity contribution is 7.18. The highest BCUT2D eigenvalue weighted by atomic mass is 32.1. The van der Waals surface area contributed by atoms with E-state index in [4.69, 9.17) is 0 Å². The molecule has 0 spiro atoms. The van der Waals surface area contributed by atoms with Crippen molar-refractivity contribution in [1.29, 1.82) is 0 Å². The molecule has 3 rings (SSSR count). The number of nitrogens with one attached hydrogen (secondary N) is 1. The van der Waals surface area contributed by atoms with E-state index in [-0.39, 0.29) is 5.54 Å². The number of nitrogens with zero attached hydrogens (tertiary/aromatic N) is 2. The van der Waals surface area contributed by atoms with Gasteiger partial charge in [0.05, 0.1) is 5.54 Å². The van der Waals surface area contributed by atoms with Gasteiger partial charge in [-0.05, 0) is 38.4 Å². The molecule has 0 amide bonds. The first-order valence-electron chi connectivity index (χ1n) is 5.25. The molecule has 0 aromatic carbocycles. The summed E-state index contributed by atoms with van der Waals surface area (Å²) >= 11 is 1.71. The van der Waals surface area contributed by atoms with Gasteiger partial charge in [0.2, 0.25) is 0 Å². The fourth-order valence-corrected chi connectivity index (χ4v) is 3.14. The Bertz CT molecular complexity index is 452. The van der Waals surface area contributed by atoms with Gasteiger partial charge in [-0.15, -0.1) is 0 Å². The van der Waals surface area contributed by atoms with E-state index in [1.54, 1.807) is 11.3 Å². The van der Waals surface area contributed by atoms with Gasteiger partial charge in [0, 0.05) is 6.20 Å². The summed E-state index contributed by atoms with van der Waals surface area (Å²) in [7, 11) is 0. The van der Waals surface area contributed by atoms with Crippen LogP contribution >= 0.6 is 11.3 Å². The van der Waals surface area contributed by atoms with Crippen LogP contribution in [0, 0.1) is 0 Å². The maximum atomic E-state index is 4.66. The zero-order valence-electron chi connectivity index (χ0n) is 8.66. The zero-order valence-corrected chi connectivity index (χ0v) is 9.47. The van der Waals surface area contributed by atoms with E-state index >= 15 is 0 Å². The van der Waals surface area contributed by atoms with E-state index in [2.05, 4.69) is 22.2 Å². The first kappa shape index (κ1) is 9.24. The lowest BCUT2D eigenvalue weighted by Crippen LogP contribution is -2.32. The molecular weight excluding hydrogens is 206 g/mol. The third-order valence-corrected chi connectivity index (χ3v) is 4.25. The molecule has 1 atom stereocenters. The van der Waals surface area contributed by atoms with E-state index in [1.807, 2.05) is 18.3 Å². The second-order valence-electron chi connectivity index (χ2n) is 4.21. The number of hydrogen-bond acceptors (Lipinski definition) is 4. The average molecular weight is 219 g/mol. The molecule has 1 unspecified atom stereocenters. The second-order valence-corrected chi connectivity index (χ2v) is 5.19. The van der Waals surface area contributed by atoms with Crippen molar-refractivity contribution in [3.63, 3.8) is 0 Å².